The molecule has 1 atom stereocenters. The van der Waals surface area contributed by atoms with Gasteiger partial charge in [0.1, 0.15) is 0 Å². The third-order valence-electron chi connectivity index (χ3n) is 4.39. The molecule has 1 aliphatic rings. The summed E-state index contributed by atoms with van der Waals surface area (Å²) in [5.74, 6) is -0.481. The number of carbonyl (C=O) groups excluding carboxylic acids is 1. The average molecular weight is 310 g/mol. The smallest absolute Gasteiger partial charge is 0.225 e. The number of primary amides is 1. The minimum absolute atomic E-state index is 0.0476. The van der Waals surface area contributed by atoms with Gasteiger partial charge in [0.05, 0.1) is 12.5 Å². The van der Waals surface area contributed by atoms with E-state index in [1.54, 1.807) is 12.1 Å². The average Bonchev–Trinajstić information content (AvgIpc) is 2.53. The van der Waals surface area contributed by atoms with E-state index in [0.717, 1.165) is 5.56 Å². The molecular formula is C16H23FN2O3. The standard InChI is InChI=1S/C16H23FN2O3/c1-11(12-3-4-13(17)14(9-12)21-2)19-10-16(15(18)20)5-7-22-8-6-16/h3-4,9,11,19H,5-8,10H2,1-2H3,(H2,18,20)/t11-/m0/s1. The van der Waals surface area contributed by atoms with E-state index in [9.17, 15) is 9.18 Å². The van der Waals surface area contributed by atoms with Gasteiger partial charge in [-0.3, -0.25) is 4.79 Å². The number of rotatable bonds is 6. The molecule has 0 spiro atoms. The summed E-state index contributed by atoms with van der Waals surface area (Å²) in [6, 6.07) is 4.70. The Morgan fingerprint density at radius 1 is 1.50 bits per heavy atom. The van der Waals surface area contributed by atoms with Crippen molar-refractivity contribution >= 4 is 5.91 Å². The third kappa shape index (κ3) is 3.56. The van der Waals surface area contributed by atoms with Gasteiger partial charge in [-0.2, -0.15) is 0 Å². The lowest BCUT2D eigenvalue weighted by Crippen LogP contribution is -2.48. The predicted octanol–water partition coefficient (Wildman–Crippen LogP) is 1.77. The van der Waals surface area contributed by atoms with E-state index in [1.807, 2.05) is 6.92 Å². The second-order valence-corrected chi connectivity index (χ2v) is 5.75. The number of nitrogens with one attached hydrogen (secondary N) is 1. The van der Waals surface area contributed by atoms with Gasteiger partial charge in [-0.15, -0.1) is 0 Å². The molecule has 2 rings (SSSR count). The van der Waals surface area contributed by atoms with E-state index in [4.69, 9.17) is 15.2 Å². The Labute approximate surface area is 130 Å². The van der Waals surface area contributed by atoms with Gasteiger partial charge < -0.3 is 20.5 Å². The second-order valence-electron chi connectivity index (χ2n) is 5.75. The highest BCUT2D eigenvalue weighted by molar-refractivity contribution is 5.81. The van der Waals surface area contributed by atoms with Crippen LogP contribution in [0.5, 0.6) is 5.75 Å². The first-order chi connectivity index (χ1) is 10.5. The summed E-state index contributed by atoms with van der Waals surface area (Å²) in [7, 11) is 1.43. The summed E-state index contributed by atoms with van der Waals surface area (Å²) in [5.41, 5.74) is 5.91. The summed E-state index contributed by atoms with van der Waals surface area (Å²) in [4.78, 5) is 11.8. The number of hydrogen-bond donors (Lipinski definition) is 2. The summed E-state index contributed by atoms with van der Waals surface area (Å²) < 4.78 is 23.8. The lowest BCUT2D eigenvalue weighted by atomic mass is 9.79. The van der Waals surface area contributed by atoms with Crippen LogP contribution in [0.2, 0.25) is 0 Å². The minimum Gasteiger partial charge on any atom is -0.494 e. The molecule has 5 nitrogen and oxygen atoms in total. The minimum atomic E-state index is -0.573. The summed E-state index contributed by atoms with van der Waals surface area (Å²) in [6.07, 6.45) is 1.24. The zero-order valence-corrected chi connectivity index (χ0v) is 13.0. The van der Waals surface area contributed by atoms with Crippen LogP contribution in [0.15, 0.2) is 18.2 Å². The molecule has 0 saturated carbocycles. The van der Waals surface area contributed by atoms with Gasteiger partial charge in [0, 0.05) is 25.8 Å². The second kappa shape index (κ2) is 7.07. The van der Waals surface area contributed by atoms with E-state index >= 15 is 0 Å². The first kappa shape index (κ1) is 16.7. The van der Waals surface area contributed by atoms with Crippen LogP contribution in [-0.4, -0.2) is 32.8 Å². The number of ether oxygens (including phenoxy) is 2. The van der Waals surface area contributed by atoms with Gasteiger partial charge in [0.25, 0.3) is 0 Å². The molecule has 0 aromatic heterocycles. The van der Waals surface area contributed by atoms with Gasteiger partial charge in [0.15, 0.2) is 11.6 Å². The molecule has 0 unspecified atom stereocenters. The van der Waals surface area contributed by atoms with Gasteiger partial charge in [-0.05, 0) is 37.5 Å². The summed E-state index contributed by atoms with van der Waals surface area (Å²) >= 11 is 0. The lowest BCUT2D eigenvalue weighted by Gasteiger charge is -2.35. The summed E-state index contributed by atoms with van der Waals surface area (Å²) in [5, 5.41) is 3.33. The van der Waals surface area contributed by atoms with Crippen molar-refractivity contribution in [3.8, 4) is 5.75 Å². The van der Waals surface area contributed by atoms with Crippen LogP contribution in [0.3, 0.4) is 0 Å². The fraction of sp³-hybridized carbons (Fsp3) is 0.562. The van der Waals surface area contributed by atoms with Crippen LogP contribution in [0.1, 0.15) is 31.4 Å². The van der Waals surface area contributed by atoms with Crippen molar-refractivity contribution in [2.75, 3.05) is 26.9 Å². The molecule has 1 amide bonds. The zero-order chi connectivity index (χ0) is 16.2. The number of hydrogen-bond acceptors (Lipinski definition) is 4. The number of halogens is 1. The molecule has 1 aromatic carbocycles. The number of benzene rings is 1. The molecule has 1 heterocycles. The Balaban J connectivity index is 2.05. The van der Waals surface area contributed by atoms with Crippen molar-refractivity contribution in [1.29, 1.82) is 0 Å². The van der Waals surface area contributed by atoms with Crippen LogP contribution in [-0.2, 0) is 9.53 Å². The monoisotopic (exact) mass is 310 g/mol. The van der Waals surface area contributed by atoms with Crippen molar-refractivity contribution < 1.29 is 18.7 Å². The molecule has 6 heteroatoms. The van der Waals surface area contributed by atoms with Crippen molar-refractivity contribution in [2.45, 2.75) is 25.8 Å². The van der Waals surface area contributed by atoms with Crippen LogP contribution in [0.4, 0.5) is 4.39 Å². The maximum absolute atomic E-state index is 13.5. The quantitative estimate of drug-likeness (QED) is 0.840. The highest BCUT2D eigenvalue weighted by Crippen LogP contribution is 2.30. The largest absolute Gasteiger partial charge is 0.494 e. The van der Waals surface area contributed by atoms with Gasteiger partial charge in [-0.1, -0.05) is 6.07 Å². The Morgan fingerprint density at radius 2 is 2.18 bits per heavy atom. The van der Waals surface area contributed by atoms with E-state index in [-0.39, 0.29) is 17.7 Å². The Hall–Kier alpha value is -1.66. The molecule has 3 N–H and O–H groups in total. The maximum Gasteiger partial charge on any atom is 0.225 e. The van der Waals surface area contributed by atoms with Crippen molar-refractivity contribution in [2.24, 2.45) is 11.1 Å². The van der Waals surface area contributed by atoms with E-state index in [2.05, 4.69) is 5.32 Å². The predicted molar refractivity (Wildman–Crippen MR) is 81.1 cm³/mol. The first-order valence-corrected chi connectivity index (χ1v) is 7.43. The SMILES string of the molecule is COc1cc([C@H](C)NCC2(C(N)=O)CCOCC2)ccc1F. The molecule has 0 radical (unpaired) electrons. The first-order valence-electron chi connectivity index (χ1n) is 7.43. The number of nitrogens with two attached hydrogens (primary N) is 1. The van der Waals surface area contributed by atoms with Crippen LogP contribution in [0, 0.1) is 11.2 Å². The van der Waals surface area contributed by atoms with Gasteiger partial charge >= 0.3 is 0 Å². The van der Waals surface area contributed by atoms with E-state index in [0.29, 0.717) is 32.6 Å². The number of methoxy groups -OCH3 is 1. The molecule has 22 heavy (non-hydrogen) atoms. The van der Waals surface area contributed by atoms with Gasteiger partial charge in [-0.25, -0.2) is 4.39 Å². The van der Waals surface area contributed by atoms with Gasteiger partial charge in [0.2, 0.25) is 5.91 Å². The maximum atomic E-state index is 13.5. The molecule has 0 bridgehead atoms. The molecule has 122 valence electrons. The zero-order valence-electron chi connectivity index (χ0n) is 13.0. The molecule has 1 fully saturated rings. The Bertz CT molecular complexity index is 530. The molecule has 1 saturated heterocycles. The summed E-state index contributed by atoms with van der Waals surface area (Å²) in [6.45, 7) is 3.53. The highest BCUT2D eigenvalue weighted by Gasteiger charge is 2.38. The van der Waals surface area contributed by atoms with Crippen LogP contribution >= 0.6 is 0 Å². The fourth-order valence-corrected chi connectivity index (χ4v) is 2.68. The molecule has 0 aliphatic carbocycles. The van der Waals surface area contributed by atoms with Crippen LogP contribution < -0.4 is 15.8 Å². The normalized spacial score (nSPS) is 18.7. The topological polar surface area (TPSA) is 73.6 Å². The third-order valence-corrected chi connectivity index (χ3v) is 4.39. The highest BCUT2D eigenvalue weighted by atomic mass is 19.1. The molecule has 1 aromatic rings. The number of amides is 1. The van der Waals surface area contributed by atoms with Crippen molar-refractivity contribution in [3.63, 3.8) is 0 Å². The lowest BCUT2D eigenvalue weighted by molar-refractivity contribution is -0.133. The van der Waals surface area contributed by atoms with Crippen LogP contribution in [0.25, 0.3) is 0 Å². The molecular weight excluding hydrogens is 287 g/mol. The fourth-order valence-electron chi connectivity index (χ4n) is 2.68. The van der Waals surface area contributed by atoms with Crippen molar-refractivity contribution in [1.82, 2.24) is 5.32 Å². The van der Waals surface area contributed by atoms with Crippen molar-refractivity contribution in [3.05, 3.63) is 29.6 Å². The Morgan fingerprint density at radius 3 is 2.77 bits per heavy atom. The number of carbonyl (C=O) groups is 1. The van der Waals surface area contributed by atoms with E-state index in [1.165, 1.54) is 13.2 Å². The Kier molecular flexibility index (Phi) is 5.37. The molecule has 1 aliphatic heterocycles. The van der Waals surface area contributed by atoms with E-state index < -0.39 is 11.2 Å².